The highest BCUT2D eigenvalue weighted by molar-refractivity contribution is 9.10. The zero-order chi connectivity index (χ0) is 12.4. The highest BCUT2D eigenvalue weighted by Crippen LogP contribution is 2.22. The predicted octanol–water partition coefficient (Wildman–Crippen LogP) is 3.52. The van der Waals surface area contributed by atoms with Crippen LogP contribution in [0.2, 0.25) is 0 Å². The minimum Gasteiger partial charge on any atom is -0.339 e. The second-order valence-electron chi connectivity index (χ2n) is 4.43. The first-order valence-electron chi connectivity index (χ1n) is 5.84. The van der Waals surface area contributed by atoms with E-state index >= 15 is 0 Å². The molecule has 0 radical (unpaired) electrons. The number of nitrogens with zero attached hydrogens (tertiary/aromatic N) is 1. The topological polar surface area (TPSA) is 20.3 Å². The van der Waals surface area contributed by atoms with Gasteiger partial charge in [0.15, 0.2) is 0 Å². The Bertz CT molecular complexity index is 441. The van der Waals surface area contributed by atoms with Gasteiger partial charge in [0.2, 0.25) is 0 Å². The summed E-state index contributed by atoms with van der Waals surface area (Å²) in [7, 11) is 0. The second kappa shape index (κ2) is 5.17. The largest absolute Gasteiger partial charge is 0.339 e. The van der Waals surface area contributed by atoms with Crippen molar-refractivity contribution < 1.29 is 9.18 Å². The van der Waals surface area contributed by atoms with E-state index in [2.05, 4.69) is 15.9 Å². The fraction of sp³-hybridized carbons (Fsp3) is 0.462. The Balaban J connectivity index is 2.26. The van der Waals surface area contributed by atoms with Gasteiger partial charge in [-0.25, -0.2) is 4.39 Å². The van der Waals surface area contributed by atoms with Gasteiger partial charge in [0.1, 0.15) is 5.82 Å². The molecule has 0 spiro atoms. The molecule has 92 valence electrons. The first-order valence-corrected chi connectivity index (χ1v) is 6.64. The van der Waals surface area contributed by atoms with Crippen molar-refractivity contribution in [3.8, 4) is 0 Å². The molecule has 1 aliphatic rings. The summed E-state index contributed by atoms with van der Waals surface area (Å²) in [4.78, 5) is 13.9. The van der Waals surface area contributed by atoms with E-state index in [9.17, 15) is 9.18 Å². The summed E-state index contributed by atoms with van der Waals surface area (Å²) in [6, 6.07) is 2.99. The Kier molecular flexibility index (Phi) is 3.82. The van der Waals surface area contributed by atoms with Crippen LogP contribution in [0.3, 0.4) is 0 Å². The molecule has 1 amide bonds. The number of benzene rings is 1. The van der Waals surface area contributed by atoms with Crippen LogP contribution in [0.25, 0.3) is 0 Å². The average Bonchev–Trinajstić information content (AvgIpc) is 2.34. The summed E-state index contributed by atoms with van der Waals surface area (Å²) < 4.78 is 14.5. The lowest BCUT2D eigenvalue weighted by Gasteiger charge is -2.27. The Morgan fingerprint density at radius 1 is 1.29 bits per heavy atom. The third-order valence-corrected chi connectivity index (χ3v) is 3.98. The SMILES string of the molecule is Cc1cc(F)c(C(=O)N2CCCCC2)cc1Br. The number of rotatable bonds is 1. The van der Waals surface area contributed by atoms with E-state index in [-0.39, 0.29) is 11.5 Å². The Morgan fingerprint density at radius 3 is 2.59 bits per heavy atom. The number of hydrogen-bond donors (Lipinski definition) is 0. The number of amides is 1. The minimum absolute atomic E-state index is 0.171. The molecule has 0 aromatic heterocycles. The van der Waals surface area contributed by atoms with Gasteiger partial charge in [0.05, 0.1) is 5.56 Å². The maximum absolute atomic E-state index is 13.8. The molecule has 2 nitrogen and oxygen atoms in total. The monoisotopic (exact) mass is 299 g/mol. The van der Waals surface area contributed by atoms with Gasteiger partial charge in [-0.1, -0.05) is 15.9 Å². The number of carbonyl (C=O) groups is 1. The van der Waals surface area contributed by atoms with E-state index in [1.807, 2.05) is 6.92 Å². The Hall–Kier alpha value is -0.900. The van der Waals surface area contributed by atoms with Crippen molar-refractivity contribution in [3.05, 3.63) is 33.5 Å². The van der Waals surface area contributed by atoms with Gasteiger partial charge < -0.3 is 4.90 Å². The van der Waals surface area contributed by atoms with Gasteiger partial charge in [-0.15, -0.1) is 0 Å². The first kappa shape index (κ1) is 12.6. The van der Waals surface area contributed by atoms with Gasteiger partial charge in [0.25, 0.3) is 5.91 Å². The molecule has 1 aromatic carbocycles. The maximum atomic E-state index is 13.8. The zero-order valence-electron chi connectivity index (χ0n) is 9.80. The van der Waals surface area contributed by atoms with E-state index < -0.39 is 5.82 Å². The molecule has 1 fully saturated rings. The van der Waals surface area contributed by atoms with Crippen LogP contribution in [0.5, 0.6) is 0 Å². The number of piperidine rings is 1. The summed E-state index contributed by atoms with van der Waals surface area (Å²) in [5.74, 6) is -0.621. The first-order chi connectivity index (χ1) is 8.09. The van der Waals surface area contributed by atoms with E-state index in [4.69, 9.17) is 0 Å². The molecule has 1 heterocycles. The standard InChI is InChI=1S/C13H15BrFNO/c1-9-7-12(15)10(8-11(9)14)13(17)16-5-3-2-4-6-16/h7-8H,2-6H2,1H3. The molecular formula is C13H15BrFNO. The quantitative estimate of drug-likeness (QED) is 0.777. The number of hydrogen-bond acceptors (Lipinski definition) is 1. The highest BCUT2D eigenvalue weighted by atomic mass is 79.9. The number of halogens is 2. The van der Waals surface area contributed by atoms with Crippen LogP contribution < -0.4 is 0 Å². The third kappa shape index (κ3) is 2.68. The van der Waals surface area contributed by atoms with Crippen molar-refractivity contribution in [1.29, 1.82) is 0 Å². The third-order valence-electron chi connectivity index (χ3n) is 3.12. The van der Waals surface area contributed by atoms with Crippen molar-refractivity contribution in [1.82, 2.24) is 4.90 Å². The molecule has 1 aliphatic heterocycles. The normalized spacial score (nSPS) is 16.1. The molecule has 0 saturated carbocycles. The molecule has 4 heteroatoms. The summed E-state index contributed by atoms with van der Waals surface area (Å²) in [6.45, 7) is 3.29. The van der Waals surface area contributed by atoms with Crippen molar-refractivity contribution in [2.24, 2.45) is 0 Å². The van der Waals surface area contributed by atoms with E-state index in [1.54, 1.807) is 11.0 Å². The Morgan fingerprint density at radius 2 is 1.94 bits per heavy atom. The van der Waals surface area contributed by atoms with Gasteiger partial charge >= 0.3 is 0 Å². The predicted molar refractivity (Wildman–Crippen MR) is 68.6 cm³/mol. The van der Waals surface area contributed by atoms with Crippen molar-refractivity contribution in [2.45, 2.75) is 26.2 Å². The minimum atomic E-state index is -0.429. The lowest BCUT2D eigenvalue weighted by molar-refractivity contribution is 0.0719. The van der Waals surface area contributed by atoms with Crippen LogP contribution in [-0.4, -0.2) is 23.9 Å². The van der Waals surface area contributed by atoms with Crippen LogP contribution in [0.1, 0.15) is 35.2 Å². The lowest BCUT2D eigenvalue weighted by atomic mass is 10.1. The van der Waals surface area contributed by atoms with Crippen LogP contribution in [-0.2, 0) is 0 Å². The fourth-order valence-corrected chi connectivity index (χ4v) is 2.42. The molecule has 1 aromatic rings. The van der Waals surface area contributed by atoms with Gasteiger partial charge in [-0.2, -0.15) is 0 Å². The maximum Gasteiger partial charge on any atom is 0.256 e. The number of likely N-dealkylation sites (tertiary alicyclic amines) is 1. The van der Waals surface area contributed by atoms with E-state index in [1.165, 1.54) is 6.07 Å². The van der Waals surface area contributed by atoms with Crippen molar-refractivity contribution in [2.75, 3.05) is 13.1 Å². The van der Waals surface area contributed by atoms with Crippen LogP contribution in [0, 0.1) is 12.7 Å². The van der Waals surface area contributed by atoms with Crippen LogP contribution in [0.4, 0.5) is 4.39 Å². The van der Waals surface area contributed by atoms with Crippen molar-refractivity contribution in [3.63, 3.8) is 0 Å². The van der Waals surface area contributed by atoms with Gasteiger partial charge in [0, 0.05) is 17.6 Å². The summed E-state index contributed by atoms with van der Waals surface area (Å²) >= 11 is 3.34. The molecule has 0 bridgehead atoms. The summed E-state index contributed by atoms with van der Waals surface area (Å²) in [5.41, 5.74) is 0.974. The second-order valence-corrected chi connectivity index (χ2v) is 5.29. The molecule has 0 atom stereocenters. The molecule has 17 heavy (non-hydrogen) atoms. The fourth-order valence-electron chi connectivity index (χ4n) is 2.08. The van der Waals surface area contributed by atoms with Gasteiger partial charge in [-0.3, -0.25) is 4.79 Å². The molecular weight excluding hydrogens is 285 g/mol. The molecule has 1 saturated heterocycles. The molecule has 2 rings (SSSR count). The lowest BCUT2D eigenvalue weighted by Crippen LogP contribution is -2.36. The van der Waals surface area contributed by atoms with Crippen LogP contribution in [0.15, 0.2) is 16.6 Å². The van der Waals surface area contributed by atoms with E-state index in [0.29, 0.717) is 0 Å². The molecule has 0 N–H and O–H groups in total. The summed E-state index contributed by atoms with van der Waals surface area (Å²) in [5, 5.41) is 0. The molecule has 0 unspecified atom stereocenters. The molecule has 0 aliphatic carbocycles. The van der Waals surface area contributed by atoms with Gasteiger partial charge in [-0.05, 0) is 43.9 Å². The zero-order valence-corrected chi connectivity index (χ0v) is 11.4. The summed E-state index contributed by atoms with van der Waals surface area (Å²) in [6.07, 6.45) is 3.19. The number of carbonyl (C=O) groups excluding carboxylic acids is 1. The van der Waals surface area contributed by atoms with Crippen LogP contribution >= 0.6 is 15.9 Å². The Labute approximate surface area is 109 Å². The van der Waals surface area contributed by atoms with E-state index in [0.717, 1.165) is 42.4 Å². The smallest absolute Gasteiger partial charge is 0.256 e. The average molecular weight is 300 g/mol. The number of aryl methyl sites for hydroxylation is 1. The highest BCUT2D eigenvalue weighted by Gasteiger charge is 2.21. The van der Waals surface area contributed by atoms with Crippen molar-refractivity contribution >= 4 is 21.8 Å².